The third-order valence-electron chi connectivity index (χ3n) is 3.14. The molecule has 0 bridgehead atoms. The molecule has 3 nitrogen and oxygen atoms in total. The van der Waals surface area contributed by atoms with E-state index in [-0.39, 0.29) is 5.41 Å². The maximum absolute atomic E-state index is 10.8. The fourth-order valence-corrected chi connectivity index (χ4v) is 1.79. The summed E-state index contributed by atoms with van der Waals surface area (Å²) in [6, 6.07) is 0. The Labute approximate surface area is 90.8 Å². The van der Waals surface area contributed by atoms with Gasteiger partial charge < -0.3 is 9.47 Å². The van der Waals surface area contributed by atoms with Crippen LogP contribution >= 0.6 is 0 Å². The summed E-state index contributed by atoms with van der Waals surface area (Å²) in [5.41, 5.74) is 4.60. The zero-order valence-corrected chi connectivity index (χ0v) is 9.79. The van der Waals surface area contributed by atoms with E-state index in [9.17, 15) is 4.79 Å². The highest BCUT2D eigenvalue weighted by Gasteiger charge is 2.44. The van der Waals surface area contributed by atoms with Crippen LogP contribution in [0.4, 0.5) is 4.79 Å². The Morgan fingerprint density at radius 1 is 1.67 bits per heavy atom. The molecule has 0 aliphatic heterocycles. The number of allylic oxidation sites excluding steroid dienone is 1. The molecule has 84 valence electrons. The summed E-state index contributed by atoms with van der Waals surface area (Å²) in [4.78, 5) is 10.8. The van der Waals surface area contributed by atoms with Crippen LogP contribution in [0.2, 0.25) is 0 Å². The number of methoxy groups -OCH3 is 1. The molecule has 3 heteroatoms. The van der Waals surface area contributed by atoms with E-state index in [1.54, 1.807) is 0 Å². The highest BCUT2D eigenvalue weighted by atomic mass is 16.7. The molecular formula is C12H18O3. The van der Waals surface area contributed by atoms with Crippen molar-refractivity contribution in [1.82, 2.24) is 0 Å². The van der Waals surface area contributed by atoms with E-state index in [4.69, 9.17) is 4.74 Å². The molecule has 15 heavy (non-hydrogen) atoms. The highest BCUT2D eigenvalue weighted by molar-refractivity contribution is 5.59. The molecule has 1 saturated carbocycles. The molecule has 0 aromatic heterocycles. The zero-order chi connectivity index (χ0) is 11.5. The number of hydrogen-bond donors (Lipinski definition) is 0. The highest BCUT2D eigenvalue weighted by Crippen LogP contribution is 2.50. The van der Waals surface area contributed by atoms with Crippen LogP contribution in [0, 0.1) is 11.3 Å². The zero-order valence-electron chi connectivity index (χ0n) is 9.79. The Hall–Kier alpha value is -1.21. The summed E-state index contributed by atoms with van der Waals surface area (Å²) in [6.07, 6.45) is 2.28. The maximum Gasteiger partial charge on any atom is 0.507 e. The number of carbonyl (C=O) groups excluding carboxylic acids is 1. The van der Waals surface area contributed by atoms with Crippen molar-refractivity contribution in [2.75, 3.05) is 13.7 Å². The fourth-order valence-electron chi connectivity index (χ4n) is 1.79. The first-order valence-corrected chi connectivity index (χ1v) is 5.13. The van der Waals surface area contributed by atoms with Gasteiger partial charge in [-0.1, -0.05) is 13.8 Å². The van der Waals surface area contributed by atoms with E-state index in [0.717, 1.165) is 6.42 Å². The van der Waals surface area contributed by atoms with Gasteiger partial charge in [0.2, 0.25) is 0 Å². The molecular weight excluding hydrogens is 192 g/mol. The summed E-state index contributed by atoms with van der Waals surface area (Å²) in [7, 11) is 1.32. The molecule has 0 saturated heterocycles. The van der Waals surface area contributed by atoms with Gasteiger partial charge in [0.1, 0.15) is 0 Å². The summed E-state index contributed by atoms with van der Waals surface area (Å²) in [6.45, 7) is 6.68. The van der Waals surface area contributed by atoms with Crippen molar-refractivity contribution in [3.63, 3.8) is 0 Å². The molecule has 1 aliphatic carbocycles. The van der Waals surface area contributed by atoms with Gasteiger partial charge in [0, 0.05) is 5.92 Å². The monoisotopic (exact) mass is 210 g/mol. The third-order valence-corrected chi connectivity index (χ3v) is 3.14. The third kappa shape index (κ3) is 2.42. The van der Waals surface area contributed by atoms with Crippen LogP contribution in [0.5, 0.6) is 0 Å². The molecule has 0 radical (unpaired) electrons. The molecule has 1 unspecified atom stereocenters. The van der Waals surface area contributed by atoms with Gasteiger partial charge in [-0.05, 0) is 30.4 Å². The molecule has 0 spiro atoms. The lowest BCUT2D eigenvalue weighted by molar-refractivity contribution is 0.0239. The van der Waals surface area contributed by atoms with E-state index in [1.165, 1.54) is 12.7 Å². The lowest BCUT2D eigenvalue weighted by Gasteiger charge is -2.45. The average molecular weight is 210 g/mol. The summed E-state index contributed by atoms with van der Waals surface area (Å²) in [5.74, 6) is 0.374. The van der Waals surface area contributed by atoms with Gasteiger partial charge in [-0.25, -0.2) is 4.79 Å². The quantitative estimate of drug-likeness (QED) is 0.519. The summed E-state index contributed by atoms with van der Waals surface area (Å²) >= 11 is 0. The van der Waals surface area contributed by atoms with Gasteiger partial charge in [-0.3, -0.25) is 0 Å². The lowest BCUT2D eigenvalue weighted by Crippen LogP contribution is -2.40. The molecule has 0 amide bonds. The molecule has 0 N–H and O–H groups in total. The van der Waals surface area contributed by atoms with Crippen molar-refractivity contribution in [2.24, 2.45) is 11.3 Å². The van der Waals surface area contributed by atoms with Crippen molar-refractivity contribution >= 4 is 6.16 Å². The van der Waals surface area contributed by atoms with Gasteiger partial charge in [0.15, 0.2) is 0 Å². The standard InChI is InChI=1S/C12H18O3/c1-5-6-9-7-10(12(9,2)3)8-15-11(13)14-4/h5,10H,7-8H2,1-4H3. The maximum atomic E-state index is 10.8. The fraction of sp³-hybridized carbons (Fsp3) is 0.667. The Morgan fingerprint density at radius 3 is 2.80 bits per heavy atom. The molecule has 1 aliphatic rings. The Bertz CT molecular complexity index is 309. The molecule has 1 fully saturated rings. The Kier molecular flexibility index (Phi) is 3.59. The van der Waals surface area contributed by atoms with E-state index in [1.807, 2.05) is 13.0 Å². The van der Waals surface area contributed by atoms with Crippen molar-refractivity contribution in [1.29, 1.82) is 0 Å². The van der Waals surface area contributed by atoms with Gasteiger partial charge in [-0.2, -0.15) is 0 Å². The molecule has 1 atom stereocenters. The number of carbonyl (C=O) groups is 1. The van der Waals surface area contributed by atoms with Gasteiger partial charge in [0.05, 0.1) is 13.7 Å². The normalized spacial score (nSPS) is 22.4. The second kappa shape index (κ2) is 4.54. The second-order valence-electron chi connectivity index (χ2n) is 4.30. The van der Waals surface area contributed by atoms with Crippen molar-refractivity contribution in [2.45, 2.75) is 27.2 Å². The lowest BCUT2D eigenvalue weighted by atomic mass is 9.59. The number of rotatable bonds is 2. The summed E-state index contributed by atoms with van der Waals surface area (Å²) in [5, 5.41) is 0. The summed E-state index contributed by atoms with van der Waals surface area (Å²) < 4.78 is 9.37. The first-order chi connectivity index (χ1) is 7.02. The van der Waals surface area contributed by atoms with E-state index < -0.39 is 6.16 Å². The molecule has 0 heterocycles. The first-order valence-electron chi connectivity index (χ1n) is 5.13. The van der Waals surface area contributed by atoms with Crippen molar-refractivity contribution < 1.29 is 14.3 Å². The van der Waals surface area contributed by atoms with Crippen LogP contribution in [0.3, 0.4) is 0 Å². The van der Waals surface area contributed by atoms with Gasteiger partial charge in [-0.15, -0.1) is 5.73 Å². The number of hydrogen-bond acceptors (Lipinski definition) is 3. The van der Waals surface area contributed by atoms with Gasteiger partial charge in [0.25, 0.3) is 0 Å². The van der Waals surface area contributed by atoms with Crippen LogP contribution in [-0.2, 0) is 9.47 Å². The number of ether oxygens (including phenoxy) is 2. The Morgan fingerprint density at radius 2 is 2.33 bits per heavy atom. The minimum atomic E-state index is -0.603. The van der Waals surface area contributed by atoms with E-state index in [2.05, 4.69) is 24.3 Å². The van der Waals surface area contributed by atoms with Crippen LogP contribution in [0.1, 0.15) is 27.2 Å². The van der Waals surface area contributed by atoms with Crippen molar-refractivity contribution in [3.05, 3.63) is 17.4 Å². The molecule has 0 aromatic rings. The largest absolute Gasteiger partial charge is 0.507 e. The van der Waals surface area contributed by atoms with Crippen LogP contribution in [0.25, 0.3) is 0 Å². The Balaban J connectivity index is 2.49. The first kappa shape index (κ1) is 11.9. The predicted molar refractivity (Wildman–Crippen MR) is 57.5 cm³/mol. The SMILES string of the molecule is CC=C=C1CC(COC(=O)OC)C1(C)C. The van der Waals surface area contributed by atoms with Crippen LogP contribution < -0.4 is 0 Å². The molecule has 1 rings (SSSR count). The van der Waals surface area contributed by atoms with E-state index >= 15 is 0 Å². The minimum Gasteiger partial charge on any atom is -0.438 e. The van der Waals surface area contributed by atoms with Gasteiger partial charge >= 0.3 is 6.16 Å². The predicted octanol–water partition coefficient (Wildman–Crippen LogP) is 2.92. The van der Waals surface area contributed by atoms with Crippen LogP contribution in [-0.4, -0.2) is 19.9 Å². The second-order valence-corrected chi connectivity index (χ2v) is 4.30. The smallest absolute Gasteiger partial charge is 0.438 e. The average Bonchev–Trinajstić information content (AvgIpc) is 2.21. The minimum absolute atomic E-state index is 0.0839. The topological polar surface area (TPSA) is 35.5 Å². The van der Waals surface area contributed by atoms with Crippen molar-refractivity contribution in [3.8, 4) is 0 Å². The van der Waals surface area contributed by atoms with E-state index in [0.29, 0.717) is 12.5 Å². The molecule has 0 aromatic carbocycles. The van der Waals surface area contributed by atoms with Crippen LogP contribution in [0.15, 0.2) is 17.4 Å².